The molecule has 0 unspecified atom stereocenters. The normalized spacial score (nSPS) is 14.3. The second kappa shape index (κ2) is 20.1. The Morgan fingerprint density at radius 3 is 2.00 bits per heavy atom. The van der Waals surface area contributed by atoms with Crippen LogP contribution >= 0.6 is 0 Å². The van der Waals surface area contributed by atoms with E-state index in [-0.39, 0.29) is 110 Å². The Kier molecular flexibility index (Phi) is 14.9. The third kappa shape index (κ3) is 11.0. The predicted molar refractivity (Wildman–Crippen MR) is 230 cm³/mol. The molecule has 0 saturated heterocycles. The zero-order chi connectivity index (χ0) is 46.2. The maximum atomic E-state index is 13.8. The number of benzene rings is 5. The number of ketones is 3. The molecule has 0 fully saturated rings. The number of hydrazone groups is 1. The molecule has 25 heteroatoms. The SMILES string of the molecule is Nc1c(S(=O)(=O)O)cc(Nc2ccc(N=c3[nH]c(Nc4ccc(N/N=C5/C=CC(=O)C(C(=O)[O-])=C5)cc4)nc(=Nc4ccccc4)[nH]3)c(S(=O)(=O)[O-])c2)c2c1C(=O)c1ccccc1C2=O.[Na+].[Na+]. The molecule has 21 nitrogen and oxygen atoms in total. The van der Waals surface area contributed by atoms with Gasteiger partial charge in [0.15, 0.2) is 17.3 Å². The first-order valence-electron chi connectivity index (χ1n) is 18.6. The number of carbonyl (C=O) groups is 4. The molecule has 5 aromatic carbocycles. The molecular formula is C42H28N10Na2O11S2. The molecule has 8 N–H and O–H groups in total. The fourth-order valence-electron chi connectivity index (χ4n) is 6.61. The summed E-state index contributed by atoms with van der Waals surface area (Å²) in [4.78, 5) is 67.6. The van der Waals surface area contributed by atoms with Gasteiger partial charge in [0.25, 0.3) is 10.1 Å². The molecule has 326 valence electrons. The monoisotopic (exact) mass is 958 g/mol. The van der Waals surface area contributed by atoms with Gasteiger partial charge >= 0.3 is 59.1 Å². The van der Waals surface area contributed by atoms with Crippen LogP contribution in [-0.4, -0.2) is 69.9 Å². The van der Waals surface area contributed by atoms with E-state index in [0.29, 0.717) is 17.1 Å². The Hall–Kier alpha value is -6.64. The fraction of sp³-hybridized carbons (Fsp3) is 0. The first-order valence-corrected chi connectivity index (χ1v) is 21.5. The Labute approximate surface area is 422 Å². The van der Waals surface area contributed by atoms with Crippen molar-refractivity contribution in [3.8, 4) is 0 Å². The van der Waals surface area contributed by atoms with E-state index in [9.17, 15) is 50.2 Å². The van der Waals surface area contributed by atoms with Crippen LogP contribution in [0.4, 0.5) is 45.8 Å². The van der Waals surface area contributed by atoms with Gasteiger partial charge in [0.05, 0.1) is 56.1 Å². The number of aromatic amines is 2. The topological polar surface area (TPSA) is 347 Å². The molecule has 0 amide bonds. The zero-order valence-electron chi connectivity index (χ0n) is 34.8. The fourth-order valence-corrected chi connectivity index (χ4v) is 7.90. The molecule has 67 heavy (non-hydrogen) atoms. The number of nitrogens with zero attached hydrogens (tertiary/aromatic N) is 4. The number of carbonyl (C=O) groups excluding carboxylic acids is 4. The minimum Gasteiger partial charge on any atom is -0.744 e. The standard InChI is InChI=1S/C42H30N10O11S2.2Na/c43-36-33(65(61,62)63)20-30(34-35(36)38(55)27-9-5-4-8-26(27)37(34)54)44-24-14-16-29(32(19-24)64(58,59)60)47-42-49-40(45-21-6-2-1-3-7-21)48-41(50-42)46-22-10-12-23(13-11-22)51-52-25-15-17-31(53)28(18-25)39(56)57;;/h1-20,44,51H,43H2,(H,56,57)(H,58,59,60)(H,61,62,63)(H3,45,46,47,48,49,50);;/q;2*+1/p-2/b52-25-;;. The summed E-state index contributed by atoms with van der Waals surface area (Å²) in [7, 11) is -10.4. The van der Waals surface area contributed by atoms with Gasteiger partial charge in [0, 0.05) is 28.1 Å². The van der Waals surface area contributed by atoms with Gasteiger partial charge in [-0.1, -0.05) is 42.5 Å². The number of nitrogen functional groups attached to an aromatic ring is 1. The molecule has 8 rings (SSSR count). The summed E-state index contributed by atoms with van der Waals surface area (Å²) in [6.07, 6.45) is 3.46. The molecule has 0 atom stereocenters. The second-order valence-corrected chi connectivity index (χ2v) is 16.6. The van der Waals surface area contributed by atoms with Gasteiger partial charge in [-0.2, -0.15) is 18.5 Å². The number of hydrogen-bond acceptors (Lipinski definition) is 18. The van der Waals surface area contributed by atoms with Crippen LogP contribution in [0.2, 0.25) is 0 Å². The molecule has 1 heterocycles. The molecule has 0 bridgehead atoms. The van der Waals surface area contributed by atoms with Gasteiger partial charge < -0.3 is 30.8 Å². The van der Waals surface area contributed by atoms with E-state index in [2.05, 4.69) is 46.1 Å². The maximum Gasteiger partial charge on any atom is 1.00 e. The molecule has 0 spiro atoms. The number of carboxylic acid groups (broad SMARTS) is 1. The number of fused-ring (bicyclic) bond motifs is 2. The average molecular weight is 959 g/mol. The van der Waals surface area contributed by atoms with Crippen LogP contribution in [-0.2, 0) is 29.8 Å². The number of para-hydroxylation sites is 1. The minimum atomic E-state index is -5.33. The molecular weight excluding hydrogens is 931 g/mol. The average Bonchev–Trinajstić information content (AvgIpc) is 3.26. The third-order valence-electron chi connectivity index (χ3n) is 9.54. The smallest absolute Gasteiger partial charge is 0.744 e. The number of allylic oxidation sites excluding steroid dienone is 3. The molecule has 1 aromatic heterocycles. The summed E-state index contributed by atoms with van der Waals surface area (Å²) in [5, 5.41) is 21.1. The van der Waals surface area contributed by atoms with Crippen molar-refractivity contribution in [2.24, 2.45) is 15.1 Å². The van der Waals surface area contributed by atoms with E-state index in [4.69, 9.17) is 5.73 Å². The number of carboxylic acids is 1. The van der Waals surface area contributed by atoms with E-state index in [1.807, 2.05) is 0 Å². The summed E-state index contributed by atoms with van der Waals surface area (Å²) >= 11 is 0. The summed E-state index contributed by atoms with van der Waals surface area (Å²) in [5.41, 5.74) is 7.08. The van der Waals surface area contributed by atoms with Crippen LogP contribution in [0.15, 0.2) is 152 Å². The van der Waals surface area contributed by atoms with Crippen molar-refractivity contribution in [1.82, 2.24) is 15.0 Å². The number of rotatable bonds is 11. The molecule has 0 radical (unpaired) electrons. The van der Waals surface area contributed by atoms with Crippen molar-refractivity contribution in [2.45, 2.75) is 9.79 Å². The van der Waals surface area contributed by atoms with Gasteiger partial charge in [0.2, 0.25) is 17.2 Å². The van der Waals surface area contributed by atoms with E-state index < -0.39 is 75.9 Å². The van der Waals surface area contributed by atoms with E-state index in [1.54, 1.807) is 54.6 Å². The van der Waals surface area contributed by atoms with Crippen LogP contribution in [0.25, 0.3) is 0 Å². The summed E-state index contributed by atoms with van der Waals surface area (Å²) in [6.45, 7) is 0. The quantitative estimate of drug-likeness (QED) is 0.0168. The number of H-pyrrole nitrogens is 2. The molecule has 0 saturated carbocycles. The van der Waals surface area contributed by atoms with Crippen LogP contribution < -0.4 is 97.3 Å². The Morgan fingerprint density at radius 1 is 0.731 bits per heavy atom. The number of aromatic nitrogens is 3. The first kappa shape index (κ1) is 49.8. The van der Waals surface area contributed by atoms with Crippen molar-refractivity contribution in [3.05, 3.63) is 160 Å². The molecule has 2 aliphatic rings. The summed E-state index contributed by atoms with van der Waals surface area (Å²) < 4.78 is 73.2. The Morgan fingerprint density at radius 2 is 1.36 bits per heavy atom. The number of hydrogen-bond donors (Lipinski definition) is 7. The van der Waals surface area contributed by atoms with Crippen molar-refractivity contribution < 1.29 is 109 Å². The Balaban J connectivity index is 0.00000370. The van der Waals surface area contributed by atoms with Gasteiger partial charge in [-0.25, -0.2) is 18.4 Å². The number of nitrogens with one attached hydrogen (secondary N) is 5. The first-order chi connectivity index (χ1) is 30.9. The number of anilines is 6. The van der Waals surface area contributed by atoms with Crippen molar-refractivity contribution >= 4 is 95.0 Å². The van der Waals surface area contributed by atoms with E-state index >= 15 is 0 Å². The molecule has 0 aliphatic heterocycles. The van der Waals surface area contributed by atoms with Crippen LogP contribution in [0, 0.1) is 0 Å². The minimum absolute atomic E-state index is 0. The third-order valence-corrected chi connectivity index (χ3v) is 11.3. The van der Waals surface area contributed by atoms with Crippen molar-refractivity contribution in [1.29, 1.82) is 0 Å². The zero-order valence-corrected chi connectivity index (χ0v) is 40.4. The van der Waals surface area contributed by atoms with Gasteiger partial charge in [-0.3, -0.25) is 34.3 Å². The Bertz CT molecular complexity index is 3520. The predicted octanol–water partition coefficient (Wildman–Crippen LogP) is -3.21. The summed E-state index contributed by atoms with van der Waals surface area (Å²) in [6, 6.07) is 24.9. The summed E-state index contributed by atoms with van der Waals surface area (Å²) in [5.74, 6) is -3.87. The van der Waals surface area contributed by atoms with Gasteiger partial charge in [-0.15, -0.1) is 0 Å². The maximum absolute atomic E-state index is 13.8. The van der Waals surface area contributed by atoms with Crippen LogP contribution in [0.5, 0.6) is 0 Å². The number of nitrogens with two attached hydrogens (primary N) is 1. The largest absolute Gasteiger partial charge is 1.00 e. The second-order valence-electron chi connectivity index (χ2n) is 13.9. The van der Waals surface area contributed by atoms with E-state index in [0.717, 1.165) is 30.4 Å². The van der Waals surface area contributed by atoms with Crippen LogP contribution in [0.1, 0.15) is 31.8 Å². The van der Waals surface area contributed by atoms with Crippen molar-refractivity contribution in [2.75, 3.05) is 21.8 Å². The van der Waals surface area contributed by atoms with Gasteiger partial charge in [-0.05, 0) is 78.9 Å². The number of aliphatic carboxylic acids is 1. The van der Waals surface area contributed by atoms with Gasteiger partial charge in [0.1, 0.15) is 15.0 Å². The molecule has 2 aliphatic carbocycles. The molecule has 6 aromatic rings. The van der Waals surface area contributed by atoms with Crippen LogP contribution in [0.3, 0.4) is 0 Å². The van der Waals surface area contributed by atoms with Crippen molar-refractivity contribution in [3.63, 3.8) is 0 Å². The van der Waals surface area contributed by atoms with E-state index in [1.165, 1.54) is 36.4 Å².